The lowest BCUT2D eigenvalue weighted by Gasteiger charge is -2.19. The van der Waals surface area contributed by atoms with Crippen molar-refractivity contribution in [2.24, 2.45) is 0 Å². The minimum atomic E-state index is -0.286. The third kappa shape index (κ3) is 4.06. The maximum Gasteiger partial charge on any atom is 0.319 e. The summed E-state index contributed by atoms with van der Waals surface area (Å²) in [5.74, 6) is 0. The normalized spacial score (nSPS) is 14.1. The number of fused-ring (bicyclic) bond motifs is 1. The Balaban J connectivity index is 1.66. The summed E-state index contributed by atoms with van der Waals surface area (Å²) in [7, 11) is 1.60. The molecule has 126 valence electrons. The van der Waals surface area contributed by atoms with Crippen molar-refractivity contribution < 1.29 is 14.3 Å². The molecule has 1 unspecified atom stereocenters. The maximum atomic E-state index is 12.3. The molecule has 5 nitrogen and oxygen atoms in total. The molecule has 3 rings (SSSR count). The lowest BCUT2D eigenvalue weighted by atomic mass is 10.1. The van der Waals surface area contributed by atoms with Crippen LogP contribution in [-0.4, -0.2) is 19.7 Å². The highest BCUT2D eigenvalue weighted by atomic mass is 35.5. The van der Waals surface area contributed by atoms with E-state index in [4.69, 9.17) is 21.1 Å². The second kappa shape index (κ2) is 7.66. The zero-order chi connectivity index (χ0) is 16.9. The van der Waals surface area contributed by atoms with Crippen LogP contribution in [0.5, 0.6) is 0 Å². The number of hydrogen-bond acceptors (Lipinski definition) is 3. The van der Waals surface area contributed by atoms with Gasteiger partial charge in [-0.25, -0.2) is 4.79 Å². The molecule has 0 radical (unpaired) electrons. The summed E-state index contributed by atoms with van der Waals surface area (Å²) in [6.07, 6.45) is 0. The molecule has 2 aromatic carbocycles. The van der Waals surface area contributed by atoms with Gasteiger partial charge in [0, 0.05) is 17.8 Å². The Bertz CT molecular complexity index is 719. The highest BCUT2D eigenvalue weighted by Gasteiger charge is 2.16. The summed E-state index contributed by atoms with van der Waals surface area (Å²) in [4.78, 5) is 12.3. The van der Waals surface area contributed by atoms with Crippen LogP contribution in [0.25, 0.3) is 0 Å². The molecule has 1 heterocycles. The summed E-state index contributed by atoms with van der Waals surface area (Å²) in [5, 5.41) is 6.43. The Morgan fingerprint density at radius 2 is 1.96 bits per heavy atom. The molecular formula is C18H19ClN2O3. The highest BCUT2D eigenvalue weighted by Crippen LogP contribution is 2.23. The van der Waals surface area contributed by atoms with Crippen LogP contribution in [0.3, 0.4) is 0 Å². The van der Waals surface area contributed by atoms with Gasteiger partial charge in [0.2, 0.25) is 0 Å². The number of carbonyl (C=O) groups is 1. The van der Waals surface area contributed by atoms with Gasteiger partial charge in [0.05, 0.1) is 25.9 Å². The van der Waals surface area contributed by atoms with Crippen LogP contribution >= 0.6 is 11.6 Å². The average Bonchev–Trinajstić information content (AvgIpc) is 3.03. The minimum absolute atomic E-state index is 0.259. The Labute approximate surface area is 145 Å². The van der Waals surface area contributed by atoms with Crippen LogP contribution in [0.2, 0.25) is 5.02 Å². The van der Waals surface area contributed by atoms with Gasteiger partial charge in [0.25, 0.3) is 0 Å². The van der Waals surface area contributed by atoms with E-state index in [0.29, 0.717) is 24.8 Å². The van der Waals surface area contributed by atoms with Crippen molar-refractivity contribution in [1.29, 1.82) is 0 Å². The van der Waals surface area contributed by atoms with Gasteiger partial charge >= 0.3 is 6.03 Å². The molecule has 0 fully saturated rings. The second-order valence-corrected chi connectivity index (χ2v) is 6.07. The number of hydrogen-bond donors (Lipinski definition) is 2. The largest absolute Gasteiger partial charge is 0.382 e. The van der Waals surface area contributed by atoms with Crippen molar-refractivity contribution >= 4 is 23.3 Å². The monoisotopic (exact) mass is 346 g/mol. The van der Waals surface area contributed by atoms with Crippen LogP contribution in [-0.2, 0) is 22.7 Å². The van der Waals surface area contributed by atoms with E-state index >= 15 is 0 Å². The van der Waals surface area contributed by atoms with Gasteiger partial charge in [-0.3, -0.25) is 0 Å². The summed E-state index contributed by atoms with van der Waals surface area (Å²) in [5.41, 5.74) is 3.95. The summed E-state index contributed by atoms with van der Waals surface area (Å²) in [6, 6.07) is 12.6. The van der Waals surface area contributed by atoms with Crippen molar-refractivity contribution in [1.82, 2.24) is 5.32 Å². The third-order valence-corrected chi connectivity index (χ3v) is 4.14. The molecule has 2 aromatic rings. The van der Waals surface area contributed by atoms with Gasteiger partial charge in [-0.2, -0.15) is 0 Å². The topological polar surface area (TPSA) is 59.6 Å². The summed E-state index contributed by atoms with van der Waals surface area (Å²) >= 11 is 5.91. The van der Waals surface area contributed by atoms with E-state index in [9.17, 15) is 4.79 Å². The van der Waals surface area contributed by atoms with Crippen molar-refractivity contribution in [3.8, 4) is 0 Å². The predicted molar refractivity (Wildman–Crippen MR) is 93.2 cm³/mol. The fourth-order valence-corrected chi connectivity index (χ4v) is 2.78. The lowest BCUT2D eigenvalue weighted by Crippen LogP contribution is -2.34. The summed E-state index contributed by atoms with van der Waals surface area (Å²) in [6.45, 7) is 1.59. The van der Waals surface area contributed by atoms with E-state index in [1.165, 1.54) is 5.56 Å². The number of benzene rings is 2. The number of halogens is 1. The Morgan fingerprint density at radius 3 is 2.71 bits per heavy atom. The lowest BCUT2D eigenvalue weighted by molar-refractivity contribution is 0.134. The molecule has 1 aliphatic heterocycles. The van der Waals surface area contributed by atoms with Crippen LogP contribution in [0.1, 0.15) is 22.7 Å². The number of amides is 2. The maximum absolute atomic E-state index is 12.3. The first-order chi connectivity index (χ1) is 11.7. The zero-order valence-corrected chi connectivity index (χ0v) is 14.1. The second-order valence-electron chi connectivity index (χ2n) is 5.63. The molecule has 0 saturated heterocycles. The van der Waals surface area contributed by atoms with Crippen LogP contribution in [0.15, 0.2) is 42.5 Å². The molecule has 0 bridgehead atoms. The summed E-state index contributed by atoms with van der Waals surface area (Å²) < 4.78 is 10.6. The van der Waals surface area contributed by atoms with Crippen molar-refractivity contribution in [2.45, 2.75) is 19.3 Å². The Hall–Kier alpha value is -2.08. The van der Waals surface area contributed by atoms with E-state index in [2.05, 4.69) is 10.6 Å². The van der Waals surface area contributed by atoms with E-state index in [1.54, 1.807) is 19.2 Å². The van der Waals surface area contributed by atoms with Gasteiger partial charge in [-0.15, -0.1) is 0 Å². The first-order valence-corrected chi connectivity index (χ1v) is 8.05. The van der Waals surface area contributed by atoms with Crippen molar-refractivity contribution in [3.63, 3.8) is 0 Å². The van der Waals surface area contributed by atoms with Gasteiger partial charge < -0.3 is 20.1 Å². The molecule has 1 atom stereocenters. The molecule has 0 aromatic heterocycles. The number of anilines is 1. The first kappa shape index (κ1) is 16.8. The van der Waals surface area contributed by atoms with Gasteiger partial charge in [-0.1, -0.05) is 29.8 Å². The van der Waals surface area contributed by atoms with E-state index < -0.39 is 0 Å². The van der Waals surface area contributed by atoms with Gasteiger partial charge in [-0.05, 0) is 41.0 Å². The molecule has 2 amide bonds. The molecule has 6 heteroatoms. The molecule has 1 aliphatic rings. The Kier molecular flexibility index (Phi) is 5.35. The number of ether oxygens (including phenoxy) is 2. The van der Waals surface area contributed by atoms with Crippen LogP contribution in [0, 0.1) is 0 Å². The smallest absolute Gasteiger partial charge is 0.319 e. The quantitative estimate of drug-likeness (QED) is 0.863. The predicted octanol–water partition coefficient (Wildman–Crippen LogP) is 3.88. The van der Waals surface area contributed by atoms with Crippen molar-refractivity contribution in [2.75, 3.05) is 19.0 Å². The fraction of sp³-hybridized carbons (Fsp3) is 0.278. The minimum Gasteiger partial charge on any atom is -0.382 e. The molecule has 2 N–H and O–H groups in total. The van der Waals surface area contributed by atoms with Gasteiger partial charge in [0.15, 0.2) is 0 Å². The first-order valence-electron chi connectivity index (χ1n) is 7.67. The number of methoxy groups -OCH3 is 1. The molecule has 0 aliphatic carbocycles. The van der Waals surface area contributed by atoms with E-state index in [-0.39, 0.29) is 12.1 Å². The number of nitrogens with one attached hydrogen (secondary N) is 2. The Morgan fingerprint density at radius 1 is 1.21 bits per heavy atom. The van der Waals surface area contributed by atoms with Crippen molar-refractivity contribution in [3.05, 3.63) is 64.2 Å². The van der Waals surface area contributed by atoms with Gasteiger partial charge in [0.1, 0.15) is 0 Å². The average molecular weight is 347 g/mol. The number of rotatable bonds is 5. The van der Waals surface area contributed by atoms with E-state index in [0.717, 1.165) is 16.8 Å². The molecule has 0 spiro atoms. The standard InChI is InChI=1S/C18H19ClN2O3/c1-23-11-17(12-2-5-15(19)6-3-12)21-18(22)20-16-7-4-13-9-24-10-14(13)8-16/h2-8,17H,9-11H2,1H3,(H2,20,21,22). The molecule has 24 heavy (non-hydrogen) atoms. The fourth-order valence-electron chi connectivity index (χ4n) is 2.66. The zero-order valence-electron chi connectivity index (χ0n) is 13.3. The van der Waals surface area contributed by atoms with Crippen LogP contribution < -0.4 is 10.6 Å². The highest BCUT2D eigenvalue weighted by molar-refractivity contribution is 6.30. The molecule has 0 saturated carbocycles. The SMILES string of the molecule is COCC(NC(=O)Nc1ccc2c(c1)COC2)c1ccc(Cl)cc1. The number of urea groups is 1. The number of carbonyl (C=O) groups excluding carboxylic acids is 1. The third-order valence-electron chi connectivity index (χ3n) is 3.89. The molecular weight excluding hydrogens is 328 g/mol. The van der Waals surface area contributed by atoms with Crippen LogP contribution in [0.4, 0.5) is 10.5 Å². The van der Waals surface area contributed by atoms with E-state index in [1.807, 2.05) is 30.3 Å².